The van der Waals surface area contributed by atoms with Crippen LogP contribution in [-0.4, -0.2) is 20.2 Å². The summed E-state index contributed by atoms with van der Waals surface area (Å²) in [5.74, 6) is 0.803. The van der Waals surface area contributed by atoms with Crippen molar-refractivity contribution < 1.29 is 4.74 Å². The summed E-state index contributed by atoms with van der Waals surface area (Å²) in [6, 6.07) is 2.16. The molecule has 2 aromatic rings. The minimum Gasteiger partial charge on any atom is -0.420 e. The summed E-state index contributed by atoms with van der Waals surface area (Å²) in [6.45, 7) is 4.20. The van der Waals surface area contributed by atoms with Gasteiger partial charge in [0.2, 0.25) is 11.8 Å². The maximum atomic E-state index is 9.64. The van der Waals surface area contributed by atoms with E-state index in [9.17, 15) is 5.26 Å². The van der Waals surface area contributed by atoms with Crippen molar-refractivity contribution >= 4 is 11.6 Å². The van der Waals surface area contributed by atoms with Gasteiger partial charge in [-0.25, -0.2) is 4.98 Å². The molecule has 0 amide bonds. The third-order valence-corrected chi connectivity index (χ3v) is 4.60. The number of hydrogen-bond donors (Lipinski definition) is 3. The molecule has 1 atom stereocenters. The molecule has 8 heteroatoms. The third kappa shape index (κ3) is 3.10. The minimum atomic E-state index is -0.454. The molecule has 0 fully saturated rings. The Bertz CT molecular complexity index is 844. The Morgan fingerprint density at radius 2 is 2.12 bits per heavy atom. The molecule has 132 valence electrons. The van der Waals surface area contributed by atoms with E-state index < -0.39 is 5.92 Å². The topological polar surface area (TPSA) is 116 Å². The van der Waals surface area contributed by atoms with Crippen LogP contribution in [0.1, 0.15) is 61.8 Å². The average molecular weight is 361 g/mol. The molecule has 0 spiro atoms. The number of aromatic nitrogens is 4. The highest BCUT2D eigenvalue weighted by Crippen LogP contribution is 2.44. The number of aromatic amines is 2. The number of nitrogens with zero attached hydrogens (tertiary/aromatic N) is 3. The van der Waals surface area contributed by atoms with Crippen LogP contribution in [0, 0.1) is 11.3 Å². The number of nitrogens with one attached hydrogen (secondary N) is 2. The van der Waals surface area contributed by atoms with E-state index in [1.807, 2.05) is 0 Å². The fourth-order valence-corrected chi connectivity index (χ4v) is 3.36. The van der Waals surface area contributed by atoms with Gasteiger partial charge in [-0.3, -0.25) is 5.10 Å². The Kier molecular flexibility index (Phi) is 5.00. The van der Waals surface area contributed by atoms with E-state index in [2.05, 4.69) is 40.1 Å². The van der Waals surface area contributed by atoms with Crippen molar-refractivity contribution in [1.29, 1.82) is 5.26 Å². The molecule has 0 aliphatic carbocycles. The number of hydrogen-bond acceptors (Lipinski definition) is 5. The monoisotopic (exact) mass is 360 g/mol. The first kappa shape index (κ1) is 17.4. The maximum Gasteiger partial charge on any atom is 0.244 e. The fraction of sp³-hybridized carbons (Fsp3) is 0.471. The number of aryl methyl sites for hydroxylation is 2. The van der Waals surface area contributed by atoms with E-state index in [-0.39, 0.29) is 5.88 Å². The number of fused-ring (bicyclic) bond motifs is 1. The summed E-state index contributed by atoms with van der Waals surface area (Å²) in [7, 11) is 0. The van der Waals surface area contributed by atoms with Gasteiger partial charge in [0.1, 0.15) is 17.5 Å². The second-order valence-electron chi connectivity index (χ2n) is 6.09. The lowest BCUT2D eigenvalue weighted by Crippen LogP contribution is -2.21. The number of allylic oxidation sites excluding steroid dienone is 1. The van der Waals surface area contributed by atoms with Crippen molar-refractivity contribution in [3.63, 3.8) is 0 Å². The summed E-state index contributed by atoms with van der Waals surface area (Å²) in [5.41, 5.74) is 8.66. The molecule has 7 nitrogen and oxygen atoms in total. The van der Waals surface area contributed by atoms with Gasteiger partial charge >= 0.3 is 0 Å². The van der Waals surface area contributed by atoms with Crippen molar-refractivity contribution in [2.45, 2.75) is 51.9 Å². The highest BCUT2D eigenvalue weighted by molar-refractivity contribution is 6.30. The van der Waals surface area contributed by atoms with Gasteiger partial charge in [-0.15, -0.1) is 5.10 Å². The molecule has 0 radical (unpaired) electrons. The summed E-state index contributed by atoms with van der Waals surface area (Å²) in [6.07, 6.45) is 4.60. The van der Waals surface area contributed by atoms with E-state index in [4.69, 9.17) is 22.1 Å². The molecule has 0 aromatic carbocycles. The molecule has 0 bridgehead atoms. The van der Waals surface area contributed by atoms with Crippen LogP contribution in [0.3, 0.4) is 0 Å². The number of halogens is 1. The van der Waals surface area contributed by atoms with Crippen molar-refractivity contribution in [3.05, 3.63) is 39.4 Å². The lowest BCUT2D eigenvalue weighted by molar-refractivity contribution is 0.378. The van der Waals surface area contributed by atoms with Crippen LogP contribution in [0.2, 0.25) is 5.15 Å². The lowest BCUT2D eigenvalue weighted by Gasteiger charge is -2.23. The molecule has 1 unspecified atom stereocenters. The molecule has 0 saturated heterocycles. The summed E-state index contributed by atoms with van der Waals surface area (Å²) >= 11 is 6.40. The molecule has 3 heterocycles. The predicted molar refractivity (Wildman–Crippen MR) is 94.1 cm³/mol. The van der Waals surface area contributed by atoms with Gasteiger partial charge in [-0.1, -0.05) is 38.3 Å². The van der Waals surface area contributed by atoms with Crippen LogP contribution in [0.5, 0.6) is 5.88 Å². The van der Waals surface area contributed by atoms with Crippen LogP contribution >= 0.6 is 11.6 Å². The predicted octanol–water partition coefficient (Wildman–Crippen LogP) is 3.30. The van der Waals surface area contributed by atoms with Gasteiger partial charge in [0.25, 0.3) is 0 Å². The zero-order valence-corrected chi connectivity index (χ0v) is 15.1. The standard InChI is InChI=1S/C17H21ClN6O/c1-3-5-7-11-21-14(15(18)22-11)12-9(8-19)16(20)25-17-13(12)10(6-4-2)23-24-17/h12H,3-7,20H2,1-2H3,(H,21,22)(H,23,24). The number of nitrogens with two attached hydrogens (primary N) is 1. The van der Waals surface area contributed by atoms with Gasteiger partial charge < -0.3 is 15.5 Å². The van der Waals surface area contributed by atoms with Crippen LogP contribution in [-0.2, 0) is 12.8 Å². The normalized spacial score (nSPS) is 16.5. The minimum absolute atomic E-state index is 0.0512. The van der Waals surface area contributed by atoms with E-state index in [0.29, 0.717) is 22.3 Å². The van der Waals surface area contributed by atoms with Gasteiger partial charge in [0, 0.05) is 12.1 Å². The highest BCUT2D eigenvalue weighted by Gasteiger charge is 2.37. The molecule has 2 aromatic heterocycles. The zero-order valence-electron chi connectivity index (χ0n) is 14.3. The first-order chi connectivity index (χ1) is 12.1. The summed E-state index contributed by atoms with van der Waals surface area (Å²) < 4.78 is 5.54. The van der Waals surface area contributed by atoms with Crippen LogP contribution in [0.15, 0.2) is 11.5 Å². The van der Waals surface area contributed by atoms with Crippen LogP contribution < -0.4 is 10.5 Å². The molecule has 3 rings (SSSR count). The van der Waals surface area contributed by atoms with E-state index >= 15 is 0 Å². The Morgan fingerprint density at radius 1 is 1.32 bits per heavy atom. The second-order valence-corrected chi connectivity index (χ2v) is 6.45. The van der Waals surface area contributed by atoms with Gasteiger partial charge in [0.05, 0.1) is 17.2 Å². The van der Waals surface area contributed by atoms with Gasteiger partial charge in [0.15, 0.2) is 5.15 Å². The number of H-pyrrole nitrogens is 2. The quantitative estimate of drug-likeness (QED) is 0.730. The highest BCUT2D eigenvalue weighted by atomic mass is 35.5. The van der Waals surface area contributed by atoms with Crippen LogP contribution in [0.25, 0.3) is 0 Å². The molecule has 25 heavy (non-hydrogen) atoms. The smallest absolute Gasteiger partial charge is 0.244 e. The Labute approximate surface area is 151 Å². The molecule has 4 N–H and O–H groups in total. The van der Waals surface area contributed by atoms with E-state index in [1.165, 1.54) is 0 Å². The third-order valence-electron chi connectivity index (χ3n) is 4.31. The molecular weight excluding hydrogens is 340 g/mol. The van der Waals surface area contributed by atoms with Gasteiger partial charge in [-0.05, 0) is 12.8 Å². The number of imidazole rings is 1. The zero-order chi connectivity index (χ0) is 18.0. The Hall–Kier alpha value is -2.46. The molecule has 1 aliphatic heterocycles. The first-order valence-corrected chi connectivity index (χ1v) is 8.87. The Balaban J connectivity index is 2.12. The van der Waals surface area contributed by atoms with Crippen LogP contribution in [0.4, 0.5) is 0 Å². The number of unbranched alkanes of at least 4 members (excludes halogenated alkanes) is 1. The second kappa shape index (κ2) is 7.19. The lowest BCUT2D eigenvalue weighted by atomic mass is 9.87. The summed E-state index contributed by atoms with van der Waals surface area (Å²) in [4.78, 5) is 7.71. The number of nitriles is 1. The van der Waals surface area contributed by atoms with Gasteiger partial charge in [-0.2, -0.15) is 5.26 Å². The molecule has 0 saturated carbocycles. The largest absolute Gasteiger partial charge is 0.420 e. The average Bonchev–Trinajstić information content (AvgIpc) is 3.15. The van der Waals surface area contributed by atoms with E-state index in [1.54, 1.807) is 0 Å². The number of ether oxygens (including phenoxy) is 1. The number of rotatable bonds is 6. The Morgan fingerprint density at radius 3 is 2.80 bits per heavy atom. The van der Waals surface area contributed by atoms with E-state index in [0.717, 1.165) is 49.2 Å². The maximum absolute atomic E-state index is 9.64. The van der Waals surface area contributed by atoms with Crippen molar-refractivity contribution in [2.75, 3.05) is 0 Å². The van der Waals surface area contributed by atoms with Crippen molar-refractivity contribution in [1.82, 2.24) is 20.2 Å². The van der Waals surface area contributed by atoms with Crippen molar-refractivity contribution in [3.8, 4) is 11.9 Å². The fourth-order valence-electron chi connectivity index (χ4n) is 3.11. The molecular formula is C17H21ClN6O. The SMILES string of the molecule is CCCCc1nc(Cl)c(C2C(C#N)=C(N)Oc3n[nH]c(CCC)c32)[nH]1. The first-order valence-electron chi connectivity index (χ1n) is 8.49. The molecule has 1 aliphatic rings. The summed E-state index contributed by atoms with van der Waals surface area (Å²) in [5, 5.41) is 17.2. The van der Waals surface area contributed by atoms with Crippen molar-refractivity contribution in [2.24, 2.45) is 5.73 Å².